The zero-order valence-corrected chi connectivity index (χ0v) is 21.2. The number of likely N-dealkylation sites (N-methyl/N-ethyl adjacent to an activating group) is 1. The monoisotopic (exact) mass is 487 g/mol. The number of amides is 1. The molecule has 1 unspecified atom stereocenters. The minimum atomic E-state index is -0.183. The summed E-state index contributed by atoms with van der Waals surface area (Å²) in [6.45, 7) is 1.16. The average molecular weight is 488 g/mol. The standard InChI is InChI=1S/C30H33NO5/c1-31(16-15-21-9-12-25(13-10-21)36-20-22-7-5-4-6-8-22)29(32)14-11-23-17-24-18-27(34-2)28(35-3)19-26(24)30(23)33/h4-10,12-13,18-19,23H,11,14-17,20H2,1-3H3. The van der Waals surface area contributed by atoms with Crippen molar-refractivity contribution >= 4 is 11.7 Å². The van der Waals surface area contributed by atoms with E-state index in [0.29, 0.717) is 49.5 Å². The molecule has 4 rings (SSSR count). The minimum Gasteiger partial charge on any atom is -0.493 e. The van der Waals surface area contributed by atoms with Gasteiger partial charge in [-0.25, -0.2) is 0 Å². The van der Waals surface area contributed by atoms with Gasteiger partial charge in [0.25, 0.3) is 0 Å². The Morgan fingerprint density at radius 1 is 0.944 bits per heavy atom. The van der Waals surface area contributed by atoms with Crippen molar-refractivity contribution in [1.82, 2.24) is 4.90 Å². The first-order chi connectivity index (χ1) is 17.5. The zero-order valence-electron chi connectivity index (χ0n) is 21.2. The van der Waals surface area contributed by atoms with Crippen LogP contribution in [0.2, 0.25) is 0 Å². The number of fused-ring (bicyclic) bond motifs is 1. The van der Waals surface area contributed by atoms with E-state index in [-0.39, 0.29) is 17.6 Å². The maximum Gasteiger partial charge on any atom is 0.222 e. The lowest BCUT2D eigenvalue weighted by atomic mass is 9.98. The third-order valence-electron chi connectivity index (χ3n) is 6.75. The fourth-order valence-corrected chi connectivity index (χ4v) is 4.53. The third kappa shape index (κ3) is 6.06. The highest BCUT2D eigenvalue weighted by Crippen LogP contribution is 2.38. The number of carbonyl (C=O) groups excluding carboxylic acids is 2. The molecule has 3 aromatic carbocycles. The van der Waals surface area contributed by atoms with Crippen LogP contribution in [-0.4, -0.2) is 44.4 Å². The normalized spacial score (nSPS) is 14.3. The molecule has 1 atom stereocenters. The van der Waals surface area contributed by atoms with Crippen molar-refractivity contribution in [2.45, 2.75) is 32.3 Å². The number of rotatable bonds is 11. The highest BCUT2D eigenvalue weighted by atomic mass is 16.5. The van der Waals surface area contributed by atoms with E-state index < -0.39 is 0 Å². The number of hydrogen-bond donors (Lipinski definition) is 0. The summed E-state index contributed by atoms with van der Waals surface area (Å²) in [5, 5.41) is 0. The van der Waals surface area contributed by atoms with Crippen LogP contribution in [0.15, 0.2) is 66.7 Å². The van der Waals surface area contributed by atoms with E-state index in [1.165, 1.54) is 0 Å². The van der Waals surface area contributed by atoms with Crippen molar-refractivity contribution in [2.24, 2.45) is 5.92 Å². The van der Waals surface area contributed by atoms with Crippen molar-refractivity contribution < 1.29 is 23.8 Å². The van der Waals surface area contributed by atoms with Crippen LogP contribution >= 0.6 is 0 Å². The molecule has 0 spiro atoms. The molecule has 1 aliphatic carbocycles. The molecule has 0 aliphatic heterocycles. The van der Waals surface area contributed by atoms with Crippen LogP contribution in [0.1, 0.15) is 39.9 Å². The van der Waals surface area contributed by atoms with Crippen LogP contribution in [0.25, 0.3) is 0 Å². The first-order valence-electron chi connectivity index (χ1n) is 12.3. The second-order valence-corrected chi connectivity index (χ2v) is 9.15. The lowest BCUT2D eigenvalue weighted by molar-refractivity contribution is -0.130. The molecule has 0 fully saturated rings. The van der Waals surface area contributed by atoms with Gasteiger partial charge in [-0.1, -0.05) is 42.5 Å². The number of hydrogen-bond acceptors (Lipinski definition) is 5. The van der Waals surface area contributed by atoms with E-state index in [4.69, 9.17) is 14.2 Å². The summed E-state index contributed by atoms with van der Waals surface area (Å²) in [6.07, 6.45) is 2.27. The number of methoxy groups -OCH3 is 2. The molecule has 1 aliphatic rings. The summed E-state index contributed by atoms with van der Waals surface area (Å²) in [5.74, 6) is 1.95. The predicted molar refractivity (Wildman–Crippen MR) is 139 cm³/mol. The Bertz CT molecular complexity index is 1190. The molecule has 3 aromatic rings. The van der Waals surface area contributed by atoms with E-state index >= 15 is 0 Å². The number of carbonyl (C=O) groups is 2. The zero-order chi connectivity index (χ0) is 25.5. The second-order valence-electron chi connectivity index (χ2n) is 9.15. The SMILES string of the molecule is COc1cc2c(cc1OC)C(=O)C(CCC(=O)N(C)CCc1ccc(OCc3ccccc3)cc1)C2. The van der Waals surface area contributed by atoms with Crippen molar-refractivity contribution in [3.63, 3.8) is 0 Å². The summed E-state index contributed by atoms with van der Waals surface area (Å²) < 4.78 is 16.5. The van der Waals surface area contributed by atoms with Crippen molar-refractivity contribution in [3.8, 4) is 17.2 Å². The minimum absolute atomic E-state index is 0.0525. The van der Waals surface area contributed by atoms with Gasteiger partial charge in [0.05, 0.1) is 14.2 Å². The van der Waals surface area contributed by atoms with Gasteiger partial charge in [-0.2, -0.15) is 0 Å². The largest absolute Gasteiger partial charge is 0.493 e. The quantitative estimate of drug-likeness (QED) is 0.376. The fourth-order valence-electron chi connectivity index (χ4n) is 4.53. The van der Waals surface area contributed by atoms with E-state index in [0.717, 1.165) is 28.9 Å². The van der Waals surface area contributed by atoms with Crippen LogP contribution in [0.5, 0.6) is 17.2 Å². The Morgan fingerprint density at radius 3 is 2.33 bits per heavy atom. The van der Waals surface area contributed by atoms with Crippen molar-refractivity contribution in [1.29, 1.82) is 0 Å². The van der Waals surface area contributed by atoms with E-state index in [1.54, 1.807) is 25.2 Å². The smallest absolute Gasteiger partial charge is 0.222 e. The number of nitrogens with zero attached hydrogens (tertiary/aromatic N) is 1. The summed E-state index contributed by atoms with van der Waals surface area (Å²) in [7, 11) is 4.96. The summed E-state index contributed by atoms with van der Waals surface area (Å²) >= 11 is 0. The first kappa shape index (κ1) is 25.3. The van der Waals surface area contributed by atoms with Gasteiger partial charge in [0.1, 0.15) is 12.4 Å². The Labute approximate surface area is 212 Å². The van der Waals surface area contributed by atoms with Crippen LogP contribution < -0.4 is 14.2 Å². The molecule has 0 heterocycles. The summed E-state index contributed by atoms with van der Waals surface area (Å²) in [5.41, 5.74) is 3.91. The Morgan fingerprint density at radius 2 is 1.64 bits per heavy atom. The van der Waals surface area contributed by atoms with E-state index in [2.05, 4.69) is 0 Å². The molecule has 0 saturated heterocycles. The first-order valence-corrected chi connectivity index (χ1v) is 12.3. The molecule has 0 N–H and O–H groups in total. The molecule has 188 valence electrons. The fraction of sp³-hybridized carbons (Fsp3) is 0.333. The van der Waals surface area contributed by atoms with Crippen LogP contribution in [0, 0.1) is 5.92 Å². The van der Waals surface area contributed by atoms with E-state index in [1.807, 2.05) is 67.7 Å². The Hall–Kier alpha value is -3.80. The van der Waals surface area contributed by atoms with Crippen molar-refractivity contribution in [3.05, 3.63) is 89.0 Å². The van der Waals surface area contributed by atoms with Gasteiger partial charge in [-0.3, -0.25) is 9.59 Å². The molecular formula is C30H33NO5. The maximum atomic E-state index is 12.9. The molecule has 36 heavy (non-hydrogen) atoms. The van der Waals surface area contributed by atoms with Gasteiger partial charge in [0, 0.05) is 31.5 Å². The van der Waals surface area contributed by atoms with Crippen molar-refractivity contribution in [2.75, 3.05) is 27.8 Å². The Kier molecular flexibility index (Phi) is 8.26. The topological polar surface area (TPSA) is 65.1 Å². The van der Waals surface area contributed by atoms with Gasteiger partial charge in [0.2, 0.25) is 5.91 Å². The highest BCUT2D eigenvalue weighted by Gasteiger charge is 2.32. The number of benzene rings is 3. The molecular weight excluding hydrogens is 454 g/mol. The van der Waals surface area contributed by atoms with Crippen LogP contribution in [0.4, 0.5) is 0 Å². The highest BCUT2D eigenvalue weighted by molar-refractivity contribution is 6.03. The summed E-state index contributed by atoms with van der Waals surface area (Å²) in [4.78, 5) is 27.4. The maximum absolute atomic E-state index is 12.9. The second kappa shape index (κ2) is 11.8. The lowest BCUT2D eigenvalue weighted by Crippen LogP contribution is -2.29. The lowest BCUT2D eigenvalue weighted by Gasteiger charge is -2.18. The summed E-state index contributed by atoms with van der Waals surface area (Å²) in [6, 6.07) is 21.7. The number of ketones is 1. The van der Waals surface area contributed by atoms with Crippen LogP contribution in [0.3, 0.4) is 0 Å². The van der Waals surface area contributed by atoms with Gasteiger partial charge in [-0.15, -0.1) is 0 Å². The molecule has 0 radical (unpaired) electrons. The average Bonchev–Trinajstić information content (AvgIpc) is 3.23. The molecule has 0 aromatic heterocycles. The van der Waals surface area contributed by atoms with Gasteiger partial charge in [0.15, 0.2) is 17.3 Å². The van der Waals surface area contributed by atoms with Gasteiger partial charge >= 0.3 is 0 Å². The number of Topliss-reactive ketones (excluding diaryl/α,β-unsaturated/α-hetero) is 1. The van der Waals surface area contributed by atoms with Gasteiger partial charge < -0.3 is 19.1 Å². The molecule has 6 nitrogen and oxygen atoms in total. The third-order valence-corrected chi connectivity index (χ3v) is 6.75. The number of ether oxygens (including phenoxy) is 3. The Balaban J connectivity index is 1.22. The molecule has 0 saturated carbocycles. The molecule has 0 bridgehead atoms. The predicted octanol–water partition coefficient (Wildman–Crippen LogP) is 5.12. The van der Waals surface area contributed by atoms with Gasteiger partial charge in [-0.05, 0) is 60.2 Å². The molecule has 6 heteroatoms. The molecule has 1 amide bonds. The van der Waals surface area contributed by atoms with Crippen LogP contribution in [-0.2, 0) is 24.2 Å². The van der Waals surface area contributed by atoms with E-state index in [9.17, 15) is 9.59 Å².